The van der Waals surface area contributed by atoms with Crippen LogP contribution in [0.2, 0.25) is 0 Å². The quantitative estimate of drug-likeness (QED) is 0.550. The number of amides is 1. The molecule has 2 aromatic carbocycles. The number of fused-ring (bicyclic) bond motifs is 1. The van der Waals surface area contributed by atoms with Gasteiger partial charge in [-0.1, -0.05) is 42.3 Å². The van der Waals surface area contributed by atoms with Crippen LogP contribution in [0.15, 0.2) is 60.9 Å². The van der Waals surface area contributed by atoms with Gasteiger partial charge in [0, 0.05) is 0 Å². The Labute approximate surface area is 172 Å². The Hall–Kier alpha value is -3.55. The van der Waals surface area contributed by atoms with Gasteiger partial charge in [-0.2, -0.15) is 5.10 Å². The van der Waals surface area contributed by atoms with E-state index in [9.17, 15) is 9.18 Å². The maximum Gasteiger partial charge on any atom is 0.235 e. The minimum absolute atomic E-state index is 0.0719. The molecule has 0 aliphatic heterocycles. The van der Waals surface area contributed by atoms with Crippen molar-refractivity contribution in [2.45, 2.75) is 37.8 Å². The van der Waals surface area contributed by atoms with Crippen molar-refractivity contribution in [1.82, 2.24) is 24.8 Å². The maximum atomic E-state index is 13.4. The van der Waals surface area contributed by atoms with Crippen LogP contribution < -0.4 is 5.32 Å². The first-order valence-corrected chi connectivity index (χ1v) is 10.0. The standard InChI is InChI=1S/C22H21FN6O/c23-17-9-7-16(8-10-17)22(11-3-4-12-22)21(30)25-18-13-24-28(14-18)15-29-20-6-2-1-5-19(20)26-27-29/h1-2,5-10,13-14H,3-4,11-12,15H2,(H,25,30). The first kappa shape index (κ1) is 18.5. The lowest BCUT2D eigenvalue weighted by atomic mass is 9.78. The van der Waals surface area contributed by atoms with Gasteiger partial charge in [-0.15, -0.1) is 5.10 Å². The van der Waals surface area contributed by atoms with Gasteiger partial charge in [-0.3, -0.25) is 4.79 Å². The topological polar surface area (TPSA) is 77.6 Å². The van der Waals surface area contributed by atoms with Gasteiger partial charge in [0.1, 0.15) is 18.0 Å². The molecule has 1 N–H and O–H groups in total. The molecule has 7 nitrogen and oxygen atoms in total. The van der Waals surface area contributed by atoms with Gasteiger partial charge in [0.05, 0.1) is 29.0 Å². The van der Waals surface area contributed by atoms with Crippen molar-refractivity contribution in [3.05, 3.63) is 72.3 Å². The Kier molecular flexibility index (Phi) is 4.54. The second-order valence-corrected chi connectivity index (χ2v) is 7.74. The van der Waals surface area contributed by atoms with Crippen LogP contribution in [0.25, 0.3) is 11.0 Å². The molecule has 1 amide bonds. The van der Waals surface area contributed by atoms with Crippen LogP contribution in [-0.4, -0.2) is 30.7 Å². The molecule has 1 aliphatic rings. The molecular formula is C22H21FN6O. The van der Waals surface area contributed by atoms with Crippen LogP contribution in [0.1, 0.15) is 31.2 Å². The first-order valence-electron chi connectivity index (χ1n) is 10.0. The Balaban J connectivity index is 1.35. The fourth-order valence-electron chi connectivity index (χ4n) is 4.31. The fourth-order valence-corrected chi connectivity index (χ4v) is 4.31. The van der Waals surface area contributed by atoms with E-state index in [1.807, 2.05) is 24.3 Å². The van der Waals surface area contributed by atoms with Crippen LogP contribution in [-0.2, 0) is 16.9 Å². The lowest BCUT2D eigenvalue weighted by Gasteiger charge is -2.28. The molecule has 30 heavy (non-hydrogen) atoms. The third-order valence-electron chi connectivity index (χ3n) is 5.88. The van der Waals surface area contributed by atoms with Crippen molar-refractivity contribution in [3.63, 3.8) is 0 Å². The van der Waals surface area contributed by atoms with Gasteiger partial charge < -0.3 is 5.32 Å². The Morgan fingerprint density at radius 2 is 1.87 bits per heavy atom. The molecule has 4 aromatic rings. The molecule has 5 rings (SSSR count). The Bertz CT molecular complexity index is 1190. The number of aromatic nitrogens is 5. The fraction of sp³-hybridized carbons (Fsp3) is 0.273. The van der Waals surface area contributed by atoms with Crippen LogP contribution in [0.3, 0.4) is 0 Å². The summed E-state index contributed by atoms with van der Waals surface area (Å²) in [4.78, 5) is 13.3. The van der Waals surface area contributed by atoms with E-state index in [1.165, 1.54) is 12.1 Å². The van der Waals surface area contributed by atoms with E-state index < -0.39 is 5.41 Å². The Morgan fingerprint density at radius 3 is 2.67 bits per heavy atom. The number of hydrogen-bond donors (Lipinski definition) is 1. The molecular weight excluding hydrogens is 383 g/mol. The molecule has 0 atom stereocenters. The highest BCUT2D eigenvalue weighted by Crippen LogP contribution is 2.42. The average molecular weight is 404 g/mol. The average Bonchev–Trinajstić information content (AvgIpc) is 3.50. The number of nitrogens with zero attached hydrogens (tertiary/aromatic N) is 5. The van der Waals surface area contributed by atoms with Gasteiger partial charge in [0.25, 0.3) is 0 Å². The molecule has 1 saturated carbocycles. The predicted molar refractivity (Wildman–Crippen MR) is 110 cm³/mol. The third-order valence-corrected chi connectivity index (χ3v) is 5.88. The second kappa shape index (κ2) is 7.37. The lowest BCUT2D eigenvalue weighted by molar-refractivity contribution is -0.121. The molecule has 2 aromatic heterocycles. The number of halogens is 1. The number of nitrogens with one attached hydrogen (secondary N) is 1. The monoisotopic (exact) mass is 404 g/mol. The number of benzene rings is 2. The highest BCUT2D eigenvalue weighted by atomic mass is 19.1. The molecule has 152 valence electrons. The normalized spacial score (nSPS) is 15.5. The summed E-state index contributed by atoms with van der Waals surface area (Å²) in [7, 11) is 0. The maximum absolute atomic E-state index is 13.4. The van der Waals surface area contributed by atoms with Gasteiger partial charge in [-0.05, 0) is 42.7 Å². The van der Waals surface area contributed by atoms with Crippen molar-refractivity contribution in [2.24, 2.45) is 0 Å². The largest absolute Gasteiger partial charge is 0.323 e. The summed E-state index contributed by atoms with van der Waals surface area (Å²) in [6.45, 7) is 0.388. The lowest BCUT2D eigenvalue weighted by Crippen LogP contribution is -2.37. The van der Waals surface area contributed by atoms with E-state index in [0.717, 1.165) is 42.3 Å². The number of hydrogen-bond acceptors (Lipinski definition) is 4. The smallest absolute Gasteiger partial charge is 0.235 e. The van der Waals surface area contributed by atoms with E-state index in [-0.39, 0.29) is 11.7 Å². The van der Waals surface area contributed by atoms with E-state index in [4.69, 9.17) is 0 Å². The summed E-state index contributed by atoms with van der Waals surface area (Å²) in [6.07, 6.45) is 6.87. The zero-order valence-electron chi connectivity index (χ0n) is 16.3. The summed E-state index contributed by atoms with van der Waals surface area (Å²) in [5.74, 6) is -0.369. The summed E-state index contributed by atoms with van der Waals surface area (Å²) >= 11 is 0. The van der Waals surface area contributed by atoms with Crippen molar-refractivity contribution in [2.75, 3.05) is 5.32 Å². The number of para-hydroxylation sites is 1. The SMILES string of the molecule is O=C(Nc1cnn(Cn2nnc3ccccc32)c1)C1(c2ccc(F)cc2)CCCC1. The van der Waals surface area contributed by atoms with Gasteiger partial charge >= 0.3 is 0 Å². The van der Waals surface area contributed by atoms with E-state index in [0.29, 0.717) is 12.4 Å². The molecule has 0 unspecified atom stereocenters. The van der Waals surface area contributed by atoms with Crippen molar-refractivity contribution in [1.29, 1.82) is 0 Å². The molecule has 8 heteroatoms. The van der Waals surface area contributed by atoms with Crippen LogP contribution in [0, 0.1) is 5.82 Å². The van der Waals surface area contributed by atoms with E-state index in [2.05, 4.69) is 20.7 Å². The third kappa shape index (κ3) is 3.24. The summed E-state index contributed by atoms with van der Waals surface area (Å²) < 4.78 is 16.8. The molecule has 2 heterocycles. The van der Waals surface area contributed by atoms with Gasteiger partial charge in [-0.25, -0.2) is 13.8 Å². The number of carbonyl (C=O) groups is 1. The van der Waals surface area contributed by atoms with E-state index >= 15 is 0 Å². The predicted octanol–water partition coefficient (Wildman–Crippen LogP) is 3.72. The zero-order valence-corrected chi connectivity index (χ0v) is 16.3. The number of carbonyl (C=O) groups excluding carboxylic acids is 1. The molecule has 1 aliphatic carbocycles. The minimum Gasteiger partial charge on any atom is -0.323 e. The van der Waals surface area contributed by atoms with Crippen molar-refractivity contribution in [3.8, 4) is 0 Å². The Morgan fingerprint density at radius 1 is 1.10 bits per heavy atom. The van der Waals surface area contributed by atoms with Gasteiger partial charge in [0.2, 0.25) is 5.91 Å². The van der Waals surface area contributed by atoms with Crippen molar-refractivity contribution >= 4 is 22.6 Å². The minimum atomic E-state index is -0.627. The first-order chi connectivity index (χ1) is 14.6. The number of rotatable bonds is 5. The highest BCUT2D eigenvalue weighted by Gasteiger charge is 2.42. The highest BCUT2D eigenvalue weighted by molar-refractivity contribution is 5.99. The van der Waals surface area contributed by atoms with Crippen molar-refractivity contribution < 1.29 is 9.18 Å². The second-order valence-electron chi connectivity index (χ2n) is 7.74. The summed E-state index contributed by atoms with van der Waals surface area (Å²) in [6, 6.07) is 14.0. The molecule has 0 radical (unpaired) electrons. The van der Waals surface area contributed by atoms with Crippen LogP contribution >= 0.6 is 0 Å². The van der Waals surface area contributed by atoms with Crippen LogP contribution in [0.4, 0.5) is 10.1 Å². The molecule has 0 bridgehead atoms. The zero-order chi connectivity index (χ0) is 20.6. The summed E-state index contributed by atoms with van der Waals surface area (Å²) in [5.41, 5.74) is 2.59. The van der Waals surface area contributed by atoms with Gasteiger partial charge in [0.15, 0.2) is 0 Å². The number of anilines is 1. The molecule has 0 spiro atoms. The summed E-state index contributed by atoms with van der Waals surface area (Å²) in [5, 5.41) is 15.7. The molecule has 1 fully saturated rings. The molecule has 0 saturated heterocycles. The van der Waals surface area contributed by atoms with Crippen LogP contribution in [0.5, 0.6) is 0 Å². The van der Waals surface area contributed by atoms with E-state index in [1.54, 1.807) is 33.9 Å².